The smallest absolute Gasteiger partial charge is 0.348 e. The number of rotatable bonds is 7. The van der Waals surface area contributed by atoms with Gasteiger partial charge in [0.15, 0.2) is 5.65 Å². The van der Waals surface area contributed by atoms with E-state index in [1.54, 1.807) is 11.5 Å². The Morgan fingerprint density at radius 1 is 1.06 bits per heavy atom. The summed E-state index contributed by atoms with van der Waals surface area (Å²) in [7, 11) is 1.68. The van der Waals surface area contributed by atoms with Gasteiger partial charge in [0.25, 0.3) is 0 Å². The van der Waals surface area contributed by atoms with E-state index in [2.05, 4.69) is 26.6 Å². The molecule has 0 amide bonds. The average Bonchev–Trinajstić information content (AvgIpc) is 3.22. The van der Waals surface area contributed by atoms with Gasteiger partial charge in [-0.15, -0.1) is 0 Å². The van der Waals surface area contributed by atoms with Crippen molar-refractivity contribution >= 4 is 16.6 Å². The van der Waals surface area contributed by atoms with E-state index in [-0.39, 0.29) is 5.69 Å². The number of fused-ring (bicyclic) bond motifs is 3. The number of methoxy groups -OCH3 is 1. The van der Waals surface area contributed by atoms with Crippen molar-refractivity contribution in [2.75, 3.05) is 13.7 Å². The minimum absolute atomic E-state index is 0.240. The number of aromatic amines is 1. The van der Waals surface area contributed by atoms with Crippen LogP contribution in [0.3, 0.4) is 0 Å². The number of ether oxygens (including phenoxy) is 1. The highest BCUT2D eigenvalue weighted by atomic mass is 16.5. The van der Waals surface area contributed by atoms with Gasteiger partial charge in [-0.05, 0) is 47.5 Å². The third-order valence-corrected chi connectivity index (χ3v) is 5.60. The van der Waals surface area contributed by atoms with E-state index in [0.29, 0.717) is 12.2 Å². The lowest BCUT2D eigenvalue weighted by atomic mass is 9.98. The average molecular weight is 425 g/mol. The fourth-order valence-corrected chi connectivity index (χ4v) is 4.05. The molecule has 160 valence electrons. The molecule has 0 spiro atoms. The molecule has 0 aliphatic heterocycles. The molecular weight excluding hydrogens is 402 g/mol. The predicted octanol–water partition coefficient (Wildman–Crippen LogP) is 3.58. The summed E-state index contributed by atoms with van der Waals surface area (Å²) in [5.74, 6) is 0.834. The third kappa shape index (κ3) is 3.74. The maximum Gasteiger partial charge on any atom is 0.348 e. The molecular formula is C25H23N5O2. The van der Waals surface area contributed by atoms with Gasteiger partial charge in [-0.2, -0.15) is 5.10 Å². The molecule has 0 radical (unpaired) electrons. The molecule has 3 heterocycles. The van der Waals surface area contributed by atoms with Crippen LogP contribution in [-0.4, -0.2) is 33.2 Å². The first-order valence-corrected chi connectivity index (χ1v) is 10.5. The van der Waals surface area contributed by atoms with Crippen LogP contribution in [0.1, 0.15) is 11.3 Å². The van der Waals surface area contributed by atoms with E-state index < -0.39 is 0 Å². The first-order chi connectivity index (χ1) is 15.7. The molecule has 0 bridgehead atoms. The van der Waals surface area contributed by atoms with Crippen LogP contribution in [0.2, 0.25) is 0 Å². The number of benzene rings is 2. The van der Waals surface area contributed by atoms with Crippen molar-refractivity contribution in [3.63, 3.8) is 0 Å². The lowest BCUT2D eigenvalue weighted by Crippen LogP contribution is -2.17. The van der Waals surface area contributed by atoms with Crippen LogP contribution in [0.15, 0.2) is 77.7 Å². The zero-order chi connectivity index (χ0) is 21.9. The molecule has 7 heteroatoms. The Hall–Kier alpha value is -3.97. The molecule has 5 aromatic rings. The van der Waals surface area contributed by atoms with E-state index in [1.165, 1.54) is 0 Å². The Labute approximate surface area is 184 Å². The van der Waals surface area contributed by atoms with E-state index in [1.807, 2.05) is 66.9 Å². The molecule has 0 aliphatic rings. The van der Waals surface area contributed by atoms with Gasteiger partial charge < -0.3 is 10.1 Å². The summed E-state index contributed by atoms with van der Waals surface area (Å²) >= 11 is 0. The van der Waals surface area contributed by atoms with Gasteiger partial charge in [-0.3, -0.25) is 4.98 Å². The molecule has 3 aromatic heterocycles. The maximum atomic E-state index is 12.2. The summed E-state index contributed by atoms with van der Waals surface area (Å²) in [5.41, 5.74) is 5.37. The number of nitrogens with one attached hydrogen (secondary N) is 2. The first kappa shape index (κ1) is 20.0. The second-order valence-corrected chi connectivity index (χ2v) is 7.57. The van der Waals surface area contributed by atoms with Crippen LogP contribution in [0.4, 0.5) is 0 Å². The minimum Gasteiger partial charge on any atom is -0.496 e. The zero-order valence-electron chi connectivity index (χ0n) is 17.7. The molecule has 0 aliphatic carbocycles. The molecule has 2 aromatic carbocycles. The highest BCUT2D eigenvalue weighted by Gasteiger charge is 2.13. The van der Waals surface area contributed by atoms with Crippen molar-refractivity contribution in [2.24, 2.45) is 0 Å². The number of hydrogen-bond acceptors (Lipinski definition) is 5. The molecule has 32 heavy (non-hydrogen) atoms. The molecule has 0 saturated heterocycles. The minimum atomic E-state index is -0.240. The number of hydrogen-bond donors (Lipinski definition) is 2. The second-order valence-electron chi connectivity index (χ2n) is 7.57. The quantitative estimate of drug-likeness (QED) is 0.390. The summed E-state index contributed by atoms with van der Waals surface area (Å²) in [4.78, 5) is 16.6. The Balaban J connectivity index is 1.48. The fraction of sp³-hybridized carbons (Fsp3) is 0.160. The topological polar surface area (TPSA) is 84.3 Å². The molecule has 5 rings (SSSR count). The highest BCUT2D eigenvalue weighted by Crippen LogP contribution is 2.32. The predicted molar refractivity (Wildman–Crippen MR) is 125 cm³/mol. The largest absolute Gasteiger partial charge is 0.496 e. The van der Waals surface area contributed by atoms with Crippen molar-refractivity contribution in [2.45, 2.75) is 13.0 Å². The van der Waals surface area contributed by atoms with Crippen LogP contribution in [0.25, 0.3) is 27.7 Å². The van der Waals surface area contributed by atoms with Gasteiger partial charge in [0, 0.05) is 42.4 Å². The number of nitrogens with zero attached hydrogens (tertiary/aromatic N) is 3. The van der Waals surface area contributed by atoms with Gasteiger partial charge in [0.05, 0.1) is 12.6 Å². The monoisotopic (exact) mass is 425 g/mol. The third-order valence-electron chi connectivity index (χ3n) is 5.60. The second kappa shape index (κ2) is 8.64. The summed E-state index contributed by atoms with van der Waals surface area (Å²) in [6.45, 7) is 1.49. The highest BCUT2D eigenvalue weighted by molar-refractivity contribution is 5.97. The van der Waals surface area contributed by atoms with E-state index in [9.17, 15) is 4.79 Å². The van der Waals surface area contributed by atoms with Gasteiger partial charge >= 0.3 is 5.69 Å². The Morgan fingerprint density at radius 3 is 2.78 bits per heavy atom. The van der Waals surface area contributed by atoms with Gasteiger partial charge in [-0.1, -0.05) is 30.3 Å². The molecule has 0 fully saturated rings. The van der Waals surface area contributed by atoms with Crippen molar-refractivity contribution in [1.82, 2.24) is 24.9 Å². The SMILES string of the molecule is COc1ccc(-c2cc3n[nH]c(=O)n3c3ccccc23)cc1CNCCc1ccccn1. The van der Waals surface area contributed by atoms with Crippen molar-refractivity contribution < 1.29 is 4.74 Å². The lowest BCUT2D eigenvalue weighted by molar-refractivity contribution is 0.408. The number of aromatic nitrogens is 4. The molecule has 2 N–H and O–H groups in total. The van der Waals surface area contributed by atoms with E-state index in [4.69, 9.17) is 4.74 Å². The Kier molecular flexibility index (Phi) is 5.39. The number of pyridine rings is 2. The van der Waals surface area contributed by atoms with Crippen LogP contribution in [-0.2, 0) is 13.0 Å². The van der Waals surface area contributed by atoms with E-state index >= 15 is 0 Å². The van der Waals surface area contributed by atoms with Gasteiger partial charge in [0.2, 0.25) is 0 Å². The van der Waals surface area contributed by atoms with Crippen molar-refractivity contribution in [1.29, 1.82) is 0 Å². The Morgan fingerprint density at radius 2 is 1.94 bits per heavy atom. The zero-order valence-corrected chi connectivity index (χ0v) is 17.7. The molecule has 0 saturated carbocycles. The van der Waals surface area contributed by atoms with Crippen LogP contribution in [0, 0.1) is 0 Å². The lowest BCUT2D eigenvalue weighted by Gasteiger charge is -2.14. The normalized spacial score (nSPS) is 11.3. The van der Waals surface area contributed by atoms with Crippen LogP contribution >= 0.6 is 0 Å². The maximum absolute atomic E-state index is 12.2. The van der Waals surface area contributed by atoms with Crippen LogP contribution < -0.4 is 15.7 Å². The summed E-state index contributed by atoms with van der Waals surface area (Å²) in [5, 5.41) is 11.2. The van der Waals surface area contributed by atoms with Gasteiger partial charge in [-0.25, -0.2) is 14.3 Å². The molecule has 0 unspecified atom stereocenters. The fourth-order valence-electron chi connectivity index (χ4n) is 4.05. The summed E-state index contributed by atoms with van der Waals surface area (Å²) in [6.07, 6.45) is 2.68. The number of para-hydroxylation sites is 1. The van der Waals surface area contributed by atoms with Crippen molar-refractivity contribution in [3.05, 3.63) is 94.7 Å². The van der Waals surface area contributed by atoms with Crippen LogP contribution in [0.5, 0.6) is 5.75 Å². The van der Waals surface area contributed by atoms with E-state index in [0.717, 1.165) is 52.0 Å². The van der Waals surface area contributed by atoms with Crippen molar-refractivity contribution in [3.8, 4) is 16.9 Å². The number of H-pyrrole nitrogens is 1. The molecule has 0 atom stereocenters. The Bertz CT molecular complexity index is 1440. The standard InChI is InChI=1S/C25H23N5O2/c1-32-23-10-9-17(14-18(23)16-26-13-11-19-6-4-5-12-27-19)21-15-24-28-29-25(31)30(24)22-8-3-2-7-20(21)22/h2-10,12,14-15,26H,11,13,16H2,1H3,(H,29,31). The molecule has 7 nitrogen and oxygen atoms in total. The first-order valence-electron chi connectivity index (χ1n) is 10.5. The van der Waals surface area contributed by atoms with Gasteiger partial charge in [0.1, 0.15) is 5.75 Å². The summed E-state index contributed by atoms with van der Waals surface area (Å²) in [6, 6.07) is 21.9. The summed E-state index contributed by atoms with van der Waals surface area (Å²) < 4.78 is 7.20.